The summed E-state index contributed by atoms with van der Waals surface area (Å²) in [5.74, 6) is 1.76. The Bertz CT molecular complexity index is 830. The molecule has 0 amide bonds. The Hall–Kier alpha value is -0.895. The van der Waals surface area contributed by atoms with Crippen LogP contribution in [0.15, 0.2) is 48.8 Å². The summed E-state index contributed by atoms with van der Waals surface area (Å²) in [6.45, 7) is 18.2. The van der Waals surface area contributed by atoms with Crippen LogP contribution in [0.4, 0.5) is 11.4 Å². The van der Waals surface area contributed by atoms with Crippen LogP contribution in [0.3, 0.4) is 0 Å². The van der Waals surface area contributed by atoms with E-state index in [2.05, 4.69) is 152 Å². The van der Waals surface area contributed by atoms with Crippen LogP contribution in [-0.4, -0.2) is 2.61 Å². The topological polar surface area (TPSA) is 6.48 Å². The van der Waals surface area contributed by atoms with Crippen molar-refractivity contribution < 1.29 is 38.4 Å². The van der Waals surface area contributed by atoms with Gasteiger partial charge in [0.15, 0.2) is 0 Å². The van der Waals surface area contributed by atoms with E-state index in [9.17, 15) is 0 Å². The third-order valence-corrected chi connectivity index (χ3v) is 7.55. The summed E-state index contributed by atoms with van der Waals surface area (Å²) in [7, 11) is 0. The van der Waals surface area contributed by atoms with E-state index in [4.69, 9.17) is 0 Å². The van der Waals surface area contributed by atoms with Gasteiger partial charge in [-0.25, -0.2) is 0 Å². The Morgan fingerprint density at radius 2 is 0.806 bits per heavy atom. The van der Waals surface area contributed by atoms with Gasteiger partial charge in [0.1, 0.15) is 0 Å². The fourth-order valence-electron chi connectivity index (χ4n) is 4.38. The molecule has 4 heteroatoms. The molecule has 1 aliphatic rings. The molecule has 0 spiro atoms. The van der Waals surface area contributed by atoms with E-state index in [0.717, 1.165) is 0 Å². The molecule has 3 rings (SSSR count). The van der Waals surface area contributed by atoms with Crippen molar-refractivity contribution in [2.45, 2.75) is 81.7 Å². The number of anilines is 2. The van der Waals surface area contributed by atoms with Crippen molar-refractivity contribution in [1.29, 1.82) is 0 Å². The zero-order valence-electron chi connectivity index (χ0n) is 20.0. The second kappa shape index (κ2) is 9.53. The first-order chi connectivity index (χ1) is 14.5. The molecule has 174 valence electrons. The van der Waals surface area contributed by atoms with Gasteiger partial charge in [0, 0.05) is 0 Å². The molecular formula is C27H36N2Pd2. The van der Waals surface area contributed by atoms with E-state index >= 15 is 0 Å². The summed E-state index contributed by atoms with van der Waals surface area (Å²) in [6.07, 6.45) is 4.45. The molecule has 0 unspecified atom stereocenters. The van der Waals surface area contributed by atoms with Gasteiger partial charge < -0.3 is 0 Å². The van der Waals surface area contributed by atoms with Crippen LogP contribution in [0, 0.1) is 0 Å². The van der Waals surface area contributed by atoms with Gasteiger partial charge in [-0.3, -0.25) is 0 Å². The quantitative estimate of drug-likeness (QED) is 0.314. The van der Waals surface area contributed by atoms with Crippen molar-refractivity contribution in [2.24, 2.45) is 0 Å². The first-order valence-electron chi connectivity index (χ1n) is 11.3. The normalized spacial score (nSPS) is 16.0. The van der Waals surface area contributed by atoms with E-state index in [1.54, 1.807) is 0 Å². The summed E-state index contributed by atoms with van der Waals surface area (Å²) < 4.78 is -0.505. The fourth-order valence-corrected chi connectivity index (χ4v) is 5.54. The van der Waals surface area contributed by atoms with Gasteiger partial charge in [-0.05, 0) is 0 Å². The predicted octanol–water partition coefficient (Wildman–Crippen LogP) is 7.68. The van der Waals surface area contributed by atoms with Crippen LogP contribution in [0.5, 0.6) is 0 Å². The number of para-hydroxylation sites is 2. The number of hydrogen-bond acceptors (Lipinski definition) is 2. The molecule has 0 radical (unpaired) electrons. The molecule has 0 saturated heterocycles. The second-order valence-corrected chi connectivity index (χ2v) is 12.8. The summed E-state index contributed by atoms with van der Waals surface area (Å²) in [5.41, 5.74) is 8.11. The molecule has 1 aliphatic heterocycles. The minimum absolute atomic E-state index is 0.440. The molecule has 2 aromatic rings. The number of rotatable bonds is 6. The molecule has 0 aromatic heterocycles. The molecule has 0 fully saturated rings. The molecule has 0 atom stereocenters. The molecule has 0 N–H and O–H groups in total. The van der Waals surface area contributed by atoms with Crippen molar-refractivity contribution in [1.82, 2.24) is 0 Å². The zero-order valence-corrected chi connectivity index (χ0v) is 23.1. The summed E-state index contributed by atoms with van der Waals surface area (Å²) >= 11 is 7.48. The summed E-state index contributed by atoms with van der Waals surface area (Å²) in [5, 5.41) is 0. The monoisotopic (exact) mass is 600 g/mol. The summed E-state index contributed by atoms with van der Waals surface area (Å²) in [6, 6.07) is 13.5. The third-order valence-electron chi connectivity index (χ3n) is 6.05. The molecule has 31 heavy (non-hydrogen) atoms. The van der Waals surface area contributed by atoms with E-state index in [1.165, 1.54) is 33.6 Å². The molecule has 2 nitrogen and oxygen atoms in total. The van der Waals surface area contributed by atoms with Gasteiger partial charge in [-0.2, -0.15) is 0 Å². The first-order valence-corrected chi connectivity index (χ1v) is 12.9. The minimum atomic E-state index is -0.505. The van der Waals surface area contributed by atoms with Crippen molar-refractivity contribution in [3.8, 4) is 0 Å². The SMILES string of the molecule is CC(C)c1cccc(C(C)C)c1N1C=CN(c2c(C(C)C)cccc2C(C)C)[C]1([Pd])[Pd]. The van der Waals surface area contributed by atoms with Crippen molar-refractivity contribution in [3.05, 3.63) is 71.1 Å². The fraction of sp³-hybridized carbons (Fsp3) is 0.481. The van der Waals surface area contributed by atoms with Gasteiger partial charge in [0.2, 0.25) is 0 Å². The van der Waals surface area contributed by atoms with E-state index in [-0.39, 0.29) is 0 Å². The van der Waals surface area contributed by atoms with Crippen LogP contribution < -0.4 is 9.80 Å². The van der Waals surface area contributed by atoms with Gasteiger partial charge in [0.25, 0.3) is 0 Å². The van der Waals surface area contributed by atoms with E-state index < -0.39 is 2.61 Å². The third kappa shape index (κ3) is 4.61. The molecule has 0 saturated carbocycles. The standard InChI is InChI=1S/C27H36N2.2Pd/c1-18(2)22-11-9-12-23(19(3)4)26(22)28-15-16-29(17-28)27-24(20(5)6)13-10-14-25(27)21(7)8;;/h9-16,18-21H,1-8H3;;. The van der Waals surface area contributed by atoms with Crippen molar-refractivity contribution >= 4 is 11.4 Å². The van der Waals surface area contributed by atoms with Crippen molar-refractivity contribution in [2.75, 3.05) is 9.80 Å². The Morgan fingerprint density at radius 3 is 1.03 bits per heavy atom. The van der Waals surface area contributed by atoms with Gasteiger partial charge >= 0.3 is 212 Å². The number of hydrogen-bond donors (Lipinski definition) is 0. The predicted molar refractivity (Wildman–Crippen MR) is 126 cm³/mol. The Kier molecular flexibility index (Phi) is 7.61. The molecular weight excluding hydrogens is 565 g/mol. The van der Waals surface area contributed by atoms with Crippen LogP contribution in [0.25, 0.3) is 0 Å². The van der Waals surface area contributed by atoms with E-state index in [0.29, 0.717) is 23.7 Å². The molecule has 2 aromatic carbocycles. The number of benzene rings is 2. The Labute approximate surface area is 211 Å². The Balaban J connectivity index is 2.20. The average Bonchev–Trinajstić information content (AvgIpc) is 3.00. The summed E-state index contributed by atoms with van der Waals surface area (Å²) in [4.78, 5) is 4.76. The van der Waals surface area contributed by atoms with Gasteiger partial charge in [0.05, 0.1) is 0 Å². The first kappa shape index (κ1) is 24.7. The molecule has 0 bridgehead atoms. The van der Waals surface area contributed by atoms with Crippen LogP contribution in [-0.2, 0) is 38.4 Å². The van der Waals surface area contributed by atoms with Crippen LogP contribution in [0.1, 0.15) is 101 Å². The maximum atomic E-state index is 3.74. The molecule has 1 heterocycles. The average molecular weight is 601 g/mol. The maximum absolute atomic E-state index is 3.74. The zero-order chi connectivity index (χ0) is 23.1. The van der Waals surface area contributed by atoms with Gasteiger partial charge in [-0.15, -0.1) is 0 Å². The van der Waals surface area contributed by atoms with Crippen molar-refractivity contribution in [3.63, 3.8) is 0 Å². The van der Waals surface area contributed by atoms with Crippen LogP contribution >= 0.6 is 0 Å². The van der Waals surface area contributed by atoms with Crippen LogP contribution in [0.2, 0.25) is 0 Å². The van der Waals surface area contributed by atoms with E-state index in [1.807, 2.05) is 0 Å². The molecule has 0 aliphatic carbocycles. The second-order valence-electron chi connectivity index (χ2n) is 9.66. The number of nitrogens with zero attached hydrogens (tertiary/aromatic N) is 2. The van der Waals surface area contributed by atoms with Gasteiger partial charge in [-0.1, -0.05) is 0 Å². The Morgan fingerprint density at radius 1 is 0.548 bits per heavy atom.